The lowest BCUT2D eigenvalue weighted by molar-refractivity contribution is 0.186. The first-order valence-corrected chi connectivity index (χ1v) is 6.45. The molecule has 6 heteroatoms. The van der Waals surface area contributed by atoms with Crippen molar-refractivity contribution in [1.29, 1.82) is 5.26 Å². The van der Waals surface area contributed by atoms with E-state index in [0.29, 0.717) is 16.3 Å². The molecule has 0 fully saturated rings. The van der Waals surface area contributed by atoms with Gasteiger partial charge in [-0.3, -0.25) is 0 Å². The number of benzene rings is 2. The summed E-state index contributed by atoms with van der Waals surface area (Å²) in [5.74, 6) is -1.32. The molecule has 21 heavy (non-hydrogen) atoms. The zero-order valence-electron chi connectivity index (χ0n) is 10.8. The van der Waals surface area contributed by atoms with E-state index in [1.54, 1.807) is 6.07 Å². The second-order valence-corrected chi connectivity index (χ2v) is 4.78. The maximum Gasteiger partial charge on any atom is 0.129 e. The van der Waals surface area contributed by atoms with Crippen molar-refractivity contribution in [3.05, 3.63) is 64.2 Å². The first-order chi connectivity index (χ1) is 10.0. The van der Waals surface area contributed by atoms with Crippen LogP contribution in [0, 0.1) is 23.0 Å². The van der Waals surface area contributed by atoms with Crippen molar-refractivity contribution in [2.75, 3.05) is 11.9 Å². The van der Waals surface area contributed by atoms with Gasteiger partial charge in [-0.1, -0.05) is 11.6 Å². The summed E-state index contributed by atoms with van der Waals surface area (Å²) in [6, 6.07) is 9.44. The molecule has 0 radical (unpaired) electrons. The molecule has 0 aliphatic heterocycles. The lowest BCUT2D eigenvalue weighted by Crippen LogP contribution is -2.14. The molecule has 0 saturated carbocycles. The predicted octanol–water partition coefficient (Wildman–Crippen LogP) is 3.64. The summed E-state index contributed by atoms with van der Waals surface area (Å²) >= 11 is 5.95. The van der Waals surface area contributed by atoms with Gasteiger partial charge in [-0.05, 0) is 36.4 Å². The summed E-state index contributed by atoms with van der Waals surface area (Å²) < 4.78 is 26.6. The lowest BCUT2D eigenvalue weighted by atomic mass is 10.1. The van der Waals surface area contributed by atoms with Gasteiger partial charge in [-0.15, -0.1) is 0 Å². The van der Waals surface area contributed by atoms with Crippen LogP contribution in [-0.4, -0.2) is 11.7 Å². The number of anilines is 1. The van der Waals surface area contributed by atoms with E-state index in [0.717, 1.165) is 18.2 Å². The second kappa shape index (κ2) is 6.53. The Morgan fingerprint density at radius 2 is 2.00 bits per heavy atom. The Balaban J connectivity index is 2.13. The van der Waals surface area contributed by atoms with Crippen molar-refractivity contribution in [2.45, 2.75) is 6.10 Å². The quantitative estimate of drug-likeness (QED) is 0.906. The fourth-order valence-corrected chi connectivity index (χ4v) is 2.00. The molecule has 3 nitrogen and oxygen atoms in total. The van der Waals surface area contributed by atoms with E-state index in [1.807, 2.05) is 6.07 Å². The Morgan fingerprint density at radius 1 is 1.24 bits per heavy atom. The number of halogens is 3. The third-order valence-electron chi connectivity index (χ3n) is 2.90. The number of aliphatic hydroxyl groups is 1. The van der Waals surface area contributed by atoms with Crippen LogP contribution >= 0.6 is 11.6 Å². The van der Waals surface area contributed by atoms with Crippen molar-refractivity contribution in [3.8, 4) is 6.07 Å². The fraction of sp³-hybridized carbons (Fsp3) is 0.133. The standard InChI is InChI=1S/C15H11ClF2N2O/c16-12-3-1-9(7-19)5-14(12)20-8-15(21)11-6-10(17)2-4-13(11)18/h1-6,15,20-21H,8H2. The number of nitrogens with zero attached hydrogens (tertiary/aromatic N) is 1. The Hall–Kier alpha value is -2.16. The molecule has 2 rings (SSSR count). The Bertz CT molecular complexity index is 701. The van der Waals surface area contributed by atoms with Crippen LogP contribution in [0.1, 0.15) is 17.2 Å². The van der Waals surface area contributed by atoms with E-state index in [-0.39, 0.29) is 12.1 Å². The third-order valence-corrected chi connectivity index (χ3v) is 3.23. The monoisotopic (exact) mass is 308 g/mol. The fourth-order valence-electron chi connectivity index (χ4n) is 1.82. The molecule has 0 heterocycles. The summed E-state index contributed by atoms with van der Waals surface area (Å²) in [7, 11) is 0. The summed E-state index contributed by atoms with van der Waals surface area (Å²) in [6.07, 6.45) is -1.25. The van der Waals surface area contributed by atoms with Gasteiger partial charge >= 0.3 is 0 Å². The smallest absolute Gasteiger partial charge is 0.129 e. The zero-order chi connectivity index (χ0) is 15.4. The average Bonchev–Trinajstić information content (AvgIpc) is 2.48. The molecule has 0 aliphatic carbocycles. The molecule has 0 aliphatic rings. The maximum atomic E-state index is 13.5. The van der Waals surface area contributed by atoms with E-state index in [9.17, 15) is 13.9 Å². The van der Waals surface area contributed by atoms with E-state index in [1.165, 1.54) is 12.1 Å². The van der Waals surface area contributed by atoms with Crippen LogP contribution in [-0.2, 0) is 0 Å². The molecular formula is C15H11ClF2N2O. The van der Waals surface area contributed by atoms with Gasteiger partial charge in [0.15, 0.2) is 0 Å². The molecule has 1 atom stereocenters. The Kier molecular flexibility index (Phi) is 4.73. The van der Waals surface area contributed by atoms with Crippen LogP contribution in [0.25, 0.3) is 0 Å². The van der Waals surface area contributed by atoms with Crippen LogP contribution in [0.4, 0.5) is 14.5 Å². The topological polar surface area (TPSA) is 56.0 Å². The molecule has 0 saturated heterocycles. The van der Waals surface area contributed by atoms with Gasteiger partial charge in [0.1, 0.15) is 11.6 Å². The number of rotatable bonds is 4. The molecule has 2 N–H and O–H groups in total. The molecule has 0 spiro atoms. The van der Waals surface area contributed by atoms with Gasteiger partial charge in [0, 0.05) is 12.1 Å². The maximum absolute atomic E-state index is 13.5. The first-order valence-electron chi connectivity index (χ1n) is 6.08. The first kappa shape index (κ1) is 15.2. The van der Waals surface area contributed by atoms with Gasteiger partial charge in [0.2, 0.25) is 0 Å². The van der Waals surface area contributed by atoms with Crippen LogP contribution in [0.5, 0.6) is 0 Å². The molecule has 1 unspecified atom stereocenters. The summed E-state index contributed by atoms with van der Waals surface area (Å²) in [4.78, 5) is 0. The number of nitrogens with one attached hydrogen (secondary N) is 1. The molecule has 0 amide bonds. The van der Waals surface area contributed by atoms with Crippen molar-refractivity contribution >= 4 is 17.3 Å². The normalized spacial score (nSPS) is 11.8. The molecule has 0 aromatic heterocycles. The highest BCUT2D eigenvalue weighted by Crippen LogP contribution is 2.24. The van der Waals surface area contributed by atoms with E-state index in [4.69, 9.17) is 16.9 Å². The highest BCUT2D eigenvalue weighted by molar-refractivity contribution is 6.33. The number of nitriles is 1. The molecule has 0 bridgehead atoms. The van der Waals surface area contributed by atoms with Gasteiger partial charge < -0.3 is 10.4 Å². The summed E-state index contributed by atoms with van der Waals surface area (Å²) in [5, 5.41) is 21.9. The minimum absolute atomic E-state index is 0.0744. The van der Waals surface area contributed by atoms with Crippen molar-refractivity contribution in [2.24, 2.45) is 0 Å². The minimum atomic E-state index is -1.25. The molecule has 2 aromatic carbocycles. The number of hydrogen-bond donors (Lipinski definition) is 2. The lowest BCUT2D eigenvalue weighted by Gasteiger charge is -2.15. The van der Waals surface area contributed by atoms with E-state index < -0.39 is 17.7 Å². The molecular weight excluding hydrogens is 298 g/mol. The van der Waals surface area contributed by atoms with Crippen LogP contribution in [0.2, 0.25) is 5.02 Å². The Morgan fingerprint density at radius 3 is 2.71 bits per heavy atom. The SMILES string of the molecule is N#Cc1ccc(Cl)c(NCC(O)c2cc(F)ccc2F)c1. The van der Waals surface area contributed by atoms with Gasteiger partial charge in [-0.2, -0.15) is 5.26 Å². The highest BCUT2D eigenvalue weighted by atomic mass is 35.5. The number of hydrogen-bond acceptors (Lipinski definition) is 3. The van der Waals surface area contributed by atoms with Crippen molar-refractivity contribution in [1.82, 2.24) is 0 Å². The van der Waals surface area contributed by atoms with E-state index in [2.05, 4.69) is 5.32 Å². The summed E-state index contributed by atoms with van der Waals surface area (Å²) in [5.41, 5.74) is 0.690. The van der Waals surface area contributed by atoms with Gasteiger partial charge in [0.25, 0.3) is 0 Å². The van der Waals surface area contributed by atoms with Crippen LogP contribution in [0.3, 0.4) is 0 Å². The molecule has 2 aromatic rings. The summed E-state index contributed by atoms with van der Waals surface area (Å²) in [6.45, 7) is -0.0744. The highest BCUT2D eigenvalue weighted by Gasteiger charge is 2.14. The van der Waals surface area contributed by atoms with Crippen molar-refractivity contribution < 1.29 is 13.9 Å². The largest absolute Gasteiger partial charge is 0.386 e. The predicted molar refractivity (Wildman–Crippen MR) is 76.0 cm³/mol. The van der Waals surface area contributed by atoms with Crippen molar-refractivity contribution in [3.63, 3.8) is 0 Å². The van der Waals surface area contributed by atoms with Gasteiger partial charge in [0.05, 0.1) is 28.4 Å². The minimum Gasteiger partial charge on any atom is -0.386 e. The van der Waals surface area contributed by atoms with Gasteiger partial charge in [-0.25, -0.2) is 8.78 Å². The molecule has 108 valence electrons. The average molecular weight is 309 g/mol. The Labute approximate surface area is 125 Å². The van der Waals surface area contributed by atoms with E-state index >= 15 is 0 Å². The van der Waals surface area contributed by atoms with Crippen LogP contribution < -0.4 is 5.32 Å². The zero-order valence-corrected chi connectivity index (χ0v) is 11.5. The third kappa shape index (κ3) is 3.69. The number of aliphatic hydroxyl groups excluding tert-OH is 1. The van der Waals surface area contributed by atoms with Crippen LogP contribution in [0.15, 0.2) is 36.4 Å². The second-order valence-electron chi connectivity index (χ2n) is 4.37.